The quantitative estimate of drug-likeness (QED) is 0.728. The van der Waals surface area contributed by atoms with Gasteiger partial charge in [0.25, 0.3) is 0 Å². The molecule has 8 heteroatoms. The third-order valence-electron chi connectivity index (χ3n) is 3.35. The lowest BCUT2D eigenvalue weighted by Gasteiger charge is -2.29. The van der Waals surface area contributed by atoms with Crippen LogP contribution in [0, 0.1) is 18.3 Å². The monoisotopic (exact) mass is 461 g/mol. The van der Waals surface area contributed by atoms with Gasteiger partial charge in [0.2, 0.25) is 6.29 Å². The van der Waals surface area contributed by atoms with Crippen LogP contribution in [-0.4, -0.2) is 24.0 Å². The van der Waals surface area contributed by atoms with Gasteiger partial charge in [-0.15, -0.1) is 0 Å². The van der Waals surface area contributed by atoms with Gasteiger partial charge in [0, 0.05) is 5.69 Å². The van der Waals surface area contributed by atoms with E-state index in [2.05, 4.69) is 53.2 Å². The maximum absolute atomic E-state index is 8.88. The summed E-state index contributed by atoms with van der Waals surface area (Å²) in [6, 6.07) is 13.1. The van der Waals surface area contributed by atoms with Crippen LogP contribution in [0.25, 0.3) is 0 Å². The van der Waals surface area contributed by atoms with E-state index in [-0.39, 0.29) is 0 Å². The van der Waals surface area contributed by atoms with E-state index in [0.29, 0.717) is 11.3 Å². The first-order valence-electron chi connectivity index (χ1n) is 7.30. The minimum absolute atomic E-state index is 0.495. The molecule has 1 heterocycles. The molecule has 0 aromatic heterocycles. The molecule has 2 aromatic rings. The van der Waals surface area contributed by atoms with Crippen LogP contribution < -0.4 is 10.2 Å². The van der Waals surface area contributed by atoms with Crippen molar-refractivity contribution in [2.75, 3.05) is 5.32 Å². The van der Waals surface area contributed by atoms with Crippen molar-refractivity contribution in [3.05, 3.63) is 56.5 Å². The van der Waals surface area contributed by atoms with Crippen LogP contribution in [0.4, 0.5) is 5.69 Å². The van der Waals surface area contributed by atoms with Gasteiger partial charge in [0.05, 0.1) is 20.6 Å². The van der Waals surface area contributed by atoms with Crippen LogP contribution in [0.5, 0.6) is 5.75 Å². The van der Waals surface area contributed by atoms with Crippen molar-refractivity contribution in [2.24, 2.45) is 9.98 Å². The summed E-state index contributed by atoms with van der Waals surface area (Å²) in [5, 5.41) is 13.6. The molecule has 0 radical (unpaired) electrons. The molecular weight excluding hydrogens is 450 g/mol. The number of nitrogens with zero attached hydrogens (tertiary/aromatic N) is 4. The zero-order valence-corrected chi connectivity index (χ0v) is 16.3. The summed E-state index contributed by atoms with van der Waals surface area (Å²) in [5.41, 5.74) is 2.51. The van der Waals surface area contributed by atoms with E-state index in [1.54, 1.807) is 18.5 Å². The highest BCUT2D eigenvalue weighted by molar-refractivity contribution is 9.11. The molecule has 25 heavy (non-hydrogen) atoms. The molecule has 0 amide bonds. The van der Waals surface area contributed by atoms with Gasteiger partial charge in [0.15, 0.2) is 5.75 Å². The molecule has 0 spiro atoms. The van der Waals surface area contributed by atoms with Crippen molar-refractivity contribution in [3.63, 3.8) is 0 Å². The molecule has 1 aliphatic heterocycles. The number of nitriles is 1. The molecule has 3 rings (SSSR count). The highest BCUT2D eigenvalue weighted by Crippen LogP contribution is 2.35. The Hall–Kier alpha value is -2.37. The number of aliphatic imine (C=N–C) groups is 2. The number of nitrogens with one attached hydrogen (secondary N) is 1. The van der Waals surface area contributed by atoms with Gasteiger partial charge >= 0.3 is 0 Å². The summed E-state index contributed by atoms with van der Waals surface area (Å²) < 4.78 is 1.64. The third kappa shape index (κ3) is 4.18. The van der Waals surface area contributed by atoms with E-state index in [0.717, 1.165) is 20.2 Å². The largest absolute Gasteiger partial charge is 0.372 e. The summed E-state index contributed by atoms with van der Waals surface area (Å²) >= 11 is 7.02. The molecule has 0 fully saturated rings. The SMILES string of the molecule is Cc1cc(Br)c(ON2C=NC=NC2Nc2ccc(C#N)cc2)c(Br)c1. The minimum Gasteiger partial charge on any atom is -0.372 e. The summed E-state index contributed by atoms with van der Waals surface area (Å²) in [6.45, 7) is 2.00. The average Bonchev–Trinajstić information content (AvgIpc) is 2.60. The van der Waals surface area contributed by atoms with Crippen LogP contribution in [0.1, 0.15) is 11.1 Å². The first kappa shape index (κ1) is 17.5. The average molecular weight is 463 g/mol. The number of halogens is 2. The Labute approximate surface area is 162 Å². The van der Waals surface area contributed by atoms with Crippen LogP contribution >= 0.6 is 31.9 Å². The van der Waals surface area contributed by atoms with Crippen molar-refractivity contribution >= 4 is 50.2 Å². The predicted molar refractivity (Wildman–Crippen MR) is 105 cm³/mol. The number of hydrogen-bond acceptors (Lipinski definition) is 6. The van der Waals surface area contributed by atoms with Crippen LogP contribution in [0.3, 0.4) is 0 Å². The fourth-order valence-electron chi connectivity index (χ4n) is 2.17. The van der Waals surface area contributed by atoms with E-state index in [9.17, 15) is 0 Å². The first-order chi connectivity index (χ1) is 12.1. The molecule has 126 valence electrons. The predicted octanol–water partition coefficient (Wildman–Crippen LogP) is 4.45. The lowest BCUT2D eigenvalue weighted by atomic mass is 10.2. The second kappa shape index (κ2) is 7.68. The summed E-state index contributed by atoms with van der Waals surface area (Å²) in [7, 11) is 0. The van der Waals surface area contributed by atoms with Gasteiger partial charge in [0.1, 0.15) is 12.7 Å². The van der Waals surface area contributed by atoms with Crippen molar-refractivity contribution in [1.29, 1.82) is 5.26 Å². The molecule has 2 aromatic carbocycles. The number of anilines is 1. The highest BCUT2D eigenvalue weighted by atomic mass is 79.9. The van der Waals surface area contributed by atoms with E-state index in [1.165, 1.54) is 11.4 Å². The van der Waals surface area contributed by atoms with Crippen LogP contribution in [0.15, 0.2) is 55.3 Å². The zero-order chi connectivity index (χ0) is 17.8. The second-order valence-corrected chi connectivity index (χ2v) is 6.95. The molecular formula is C17H13Br2N5O. The summed E-state index contributed by atoms with van der Waals surface area (Å²) in [5.74, 6) is 0.626. The van der Waals surface area contributed by atoms with Crippen LogP contribution in [0.2, 0.25) is 0 Å². The van der Waals surface area contributed by atoms with E-state index in [4.69, 9.17) is 10.1 Å². The van der Waals surface area contributed by atoms with Crippen molar-refractivity contribution in [1.82, 2.24) is 5.06 Å². The Balaban J connectivity index is 1.79. The lowest BCUT2D eigenvalue weighted by Crippen LogP contribution is -2.42. The normalized spacial score (nSPS) is 15.8. The fourth-order valence-corrected chi connectivity index (χ4v) is 3.73. The Bertz CT molecular complexity index is 851. The molecule has 6 nitrogen and oxygen atoms in total. The zero-order valence-electron chi connectivity index (χ0n) is 13.1. The van der Waals surface area contributed by atoms with Gasteiger partial charge in [-0.05, 0) is 80.7 Å². The Morgan fingerprint density at radius 1 is 1.20 bits per heavy atom. The van der Waals surface area contributed by atoms with E-state index < -0.39 is 6.29 Å². The van der Waals surface area contributed by atoms with Gasteiger partial charge in [-0.3, -0.25) is 0 Å². The van der Waals surface area contributed by atoms with Crippen molar-refractivity contribution in [3.8, 4) is 11.8 Å². The maximum Gasteiger partial charge on any atom is 0.232 e. The Kier molecular flexibility index (Phi) is 5.36. The van der Waals surface area contributed by atoms with E-state index >= 15 is 0 Å². The lowest BCUT2D eigenvalue weighted by molar-refractivity contribution is -0.00622. The van der Waals surface area contributed by atoms with Crippen molar-refractivity contribution < 1.29 is 4.84 Å². The smallest absolute Gasteiger partial charge is 0.232 e. The fraction of sp³-hybridized carbons (Fsp3) is 0.118. The van der Waals surface area contributed by atoms with Gasteiger partial charge < -0.3 is 10.2 Å². The van der Waals surface area contributed by atoms with Gasteiger partial charge in [-0.25, -0.2) is 9.98 Å². The number of benzene rings is 2. The Morgan fingerprint density at radius 3 is 2.52 bits per heavy atom. The summed E-state index contributed by atoms with van der Waals surface area (Å²) in [6.07, 6.45) is 2.51. The molecule has 0 aliphatic carbocycles. The molecule has 1 N–H and O–H groups in total. The van der Waals surface area contributed by atoms with Crippen LogP contribution in [-0.2, 0) is 0 Å². The standard InChI is InChI=1S/C17H13Br2N5O/c1-11-6-14(18)16(15(19)7-11)25-24-10-21-9-22-17(24)23-13-4-2-12(8-20)3-5-13/h2-7,9-10,17,23H,1H3. The number of aryl methyl sites for hydroxylation is 1. The number of hydrogen-bond donors (Lipinski definition) is 1. The second-order valence-electron chi connectivity index (χ2n) is 5.25. The molecule has 1 unspecified atom stereocenters. The third-order valence-corrected chi connectivity index (χ3v) is 4.52. The topological polar surface area (TPSA) is 73.0 Å². The molecule has 1 aliphatic rings. The van der Waals surface area contributed by atoms with Gasteiger partial charge in [-0.2, -0.15) is 10.3 Å². The maximum atomic E-state index is 8.88. The molecule has 0 saturated heterocycles. The van der Waals surface area contributed by atoms with Gasteiger partial charge in [-0.1, -0.05) is 0 Å². The number of hydroxylamine groups is 2. The molecule has 0 bridgehead atoms. The van der Waals surface area contributed by atoms with Crippen molar-refractivity contribution in [2.45, 2.75) is 13.2 Å². The molecule has 0 saturated carbocycles. The van der Waals surface area contributed by atoms with E-state index in [1.807, 2.05) is 31.2 Å². The Morgan fingerprint density at radius 2 is 1.88 bits per heavy atom. The minimum atomic E-state index is -0.495. The number of rotatable bonds is 4. The first-order valence-corrected chi connectivity index (χ1v) is 8.89. The highest BCUT2D eigenvalue weighted by Gasteiger charge is 2.21. The summed E-state index contributed by atoms with van der Waals surface area (Å²) in [4.78, 5) is 14.3. The molecule has 1 atom stereocenters.